The summed E-state index contributed by atoms with van der Waals surface area (Å²) in [5.74, 6) is 0.316. The minimum Gasteiger partial charge on any atom is -0.396 e. The van der Waals surface area contributed by atoms with E-state index in [-0.39, 0.29) is 24.3 Å². The number of hydrogen-bond donors (Lipinski definition) is 2. The first kappa shape index (κ1) is 11.2. The Morgan fingerprint density at radius 2 is 2.09 bits per heavy atom. The molecule has 0 aromatic rings. The van der Waals surface area contributed by atoms with E-state index >= 15 is 0 Å². The van der Waals surface area contributed by atoms with Gasteiger partial charge in [-0.05, 0) is 18.8 Å². The van der Waals surface area contributed by atoms with Crippen LogP contribution in [0.5, 0.6) is 0 Å². The Morgan fingerprint density at radius 1 is 1.64 bits per heavy atom. The van der Waals surface area contributed by atoms with E-state index < -0.39 is 9.73 Å². The van der Waals surface area contributed by atoms with Crippen molar-refractivity contribution in [1.29, 1.82) is 4.78 Å². The number of hydrogen-bond acceptors (Lipinski definition) is 3. The van der Waals surface area contributed by atoms with Crippen molar-refractivity contribution < 1.29 is 9.32 Å². The number of nitrogens with one attached hydrogen (secondary N) is 1. The van der Waals surface area contributed by atoms with E-state index in [1.807, 2.05) is 0 Å². The second kappa shape index (κ2) is 3.74. The highest BCUT2D eigenvalue weighted by molar-refractivity contribution is 7.92. The van der Waals surface area contributed by atoms with E-state index in [1.54, 1.807) is 0 Å². The summed E-state index contributed by atoms with van der Waals surface area (Å²) in [4.78, 5) is 0. The van der Waals surface area contributed by atoms with Gasteiger partial charge in [-0.1, -0.05) is 0 Å². The average molecular weight is 200 g/mol. The summed E-state index contributed by atoms with van der Waals surface area (Å²) in [5.41, 5.74) is 0. The molecule has 1 aliphatic carbocycles. The third-order valence-electron chi connectivity index (χ3n) is 2.09. The molecule has 0 aromatic carbocycles. The lowest BCUT2D eigenvalue weighted by molar-refractivity contribution is 0.166. The van der Waals surface area contributed by atoms with Gasteiger partial charge in [0.25, 0.3) is 0 Å². The second-order valence-electron chi connectivity index (χ2n) is 3.05. The maximum atomic E-state index is 11.0. The molecule has 0 saturated heterocycles. The molecule has 0 amide bonds. The lowest BCUT2D eigenvalue weighted by atomic mass is 9.86. The summed E-state index contributed by atoms with van der Waals surface area (Å²) >= 11 is 0. The predicted molar refractivity (Wildman–Crippen MR) is 47.6 cm³/mol. The quantitative estimate of drug-likeness (QED) is 0.693. The molecule has 0 radical (unpaired) electrons. The van der Waals surface area contributed by atoms with Crippen molar-refractivity contribution in [2.45, 2.75) is 18.1 Å². The normalized spacial score (nSPS) is 34.7. The first-order chi connectivity index (χ1) is 4.54. The largest absolute Gasteiger partial charge is 0.396 e. The van der Waals surface area contributed by atoms with E-state index in [0.29, 0.717) is 5.92 Å². The van der Waals surface area contributed by atoms with Gasteiger partial charge in [0.15, 0.2) is 0 Å². The van der Waals surface area contributed by atoms with Crippen LogP contribution in [0.1, 0.15) is 12.8 Å². The first-order valence-corrected chi connectivity index (χ1v) is 5.40. The van der Waals surface area contributed by atoms with E-state index in [9.17, 15) is 4.21 Å². The van der Waals surface area contributed by atoms with Crippen LogP contribution in [0.2, 0.25) is 0 Å². The van der Waals surface area contributed by atoms with Gasteiger partial charge in [0.05, 0.1) is 0 Å². The summed E-state index contributed by atoms with van der Waals surface area (Å²) in [5, 5.41) is 8.66. The maximum absolute atomic E-state index is 11.0. The van der Waals surface area contributed by atoms with Gasteiger partial charge >= 0.3 is 0 Å². The molecule has 5 heteroatoms. The van der Waals surface area contributed by atoms with Gasteiger partial charge in [-0.15, -0.1) is 12.4 Å². The molecule has 1 unspecified atom stereocenters. The molecule has 1 saturated carbocycles. The van der Waals surface area contributed by atoms with Crippen molar-refractivity contribution >= 4 is 22.1 Å². The lowest BCUT2D eigenvalue weighted by Crippen LogP contribution is -2.36. The highest BCUT2D eigenvalue weighted by atomic mass is 35.5. The van der Waals surface area contributed by atoms with Crippen molar-refractivity contribution in [1.82, 2.24) is 0 Å². The van der Waals surface area contributed by atoms with E-state index in [2.05, 4.69) is 0 Å². The molecule has 68 valence electrons. The molecule has 11 heavy (non-hydrogen) atoms. The molecule has 1 rings (SSSR count). The Hall–Kier alpha value is 0.200. The molecule has 0 bridgehead atoms. The lowest BCUT2D eigenvalue weighted by Gasteiger charge is -2.33. The third-order valence-corrected chi connectivity index (χ3v) is 3.74. The van der Waals surface area contributed by atoms with Gasteiger partial charge in [0, 0.05) is 27.8 Å². The zero-order valence-corrected chi connectivity index (χ0v) is 8.08. The second-order valence-corrected chi connectivity index (χ2v) is 5.52. The molecule has 1 aliphatic rings. The molecule has 1 atom stereocenters. The van der Waals surface area contributed by atoms with Crippen LogP contribution in [-0.2, 0) is 9.73 Å². The predicted octanol–water partition coefficient (Wildman–Crippen LogP) is 0.856. The van der Waals surface area contributed by atoms with Gasteiger partial charge in [0.1, 0.15) is 0 Å². The minimum atomic E-state index is -2.32. The summed E-state index contributed by atoms with van der Waals surface area (Å²) < 4.78 is 18.2. The molecule has 2 N–H and O–H groups in total. The Labute approximate surface area is 73.6 Å². The van der Waals surface area contributed by atoms with Crippen molar-refractivity contribution in [3.8, 4) is 0 Å². The number of rotatable bonds is 2. The molecular weight excluding hydrogens is 186 g/mol. The van der Waals surface area contributed by atoms with Gasteiger partial charge in [-0.2, -0.15) is 0 Å². The van der Waals surface area contributed by atoms with Crippen LogP contribution in [0.4, 0.5) is 0 Å². The molecule has 3 nitrogen and oxygen atoms in total. The Balaban J connectivity index is 0.000001000. The topological polar surface area (TPSA) is 61.2 Å². The van der Waals surface area contributed by atoms with E-state index in [0.717, 1.165) is 12.8 Å². The minimum absolute atomic E-state index is 0. The van der Waals surface area contributed by atoms with Crippen molar-refractivity contribution in [3.63, 3.8) is 0 Å². The summed E-state index contributed by atoms with van der Waals surface area (Å²) in [6.07, 6.45) is 3.02. The first-order valence-electron chi connectivity index (χ1n) is 3.37. The van der Waals surface area contributed by atoms with Crippen LogP contribution >= 0.6 is 12.4 Å². The monoisotopic (exact) mass is 199 g/mol. The van der Waals surface area contributed by atoms with Crippen molar-refractivity contribution in [3.05, 3.63) is 0 Å². The SMILES string of the molecule is CS(=N)(=O)C1CC(CO)C1.Cl. The van der Waals surface area contributed by atoms with Gasteiger partial charge in [-0.25, -0.2) is 4.21 Å². The van der Waals surface area contributed by atoms with Crippen LogP contribution in [0.3, 0.4) is 0 Å². The smallest absolute Gasteiger partial charge is 0.0460 e. The fourth-order valence-electron chi connectivity index (χ4n) is 1.19. The zero-order chi connectivity index (χ0) is 7.78. The highest BCUT2D eigenvalue weighted by Crippen LogP contribution is 2.32. The number of aliphatic hydroxyl groups excluding tert-OH is 1. The average Bonchev–Trinajstić information content (AvgIpc) is 1.57. The van der Waals surface area contributed by atoms with Crippen molar-refractivity contribution in [2.75, 3.05) is 12.9 Å². The summed E-state index contributed by atoms with van der Waals surface area (Å²) in [7, 11) is -2.32. The number of halogens is 1. The van der Waals surface area contributed by atoms with Crippen LogP contribution in [0.25, 0.3) is 0 Å². The summed E-state index contributed by atoms with van der Waals surface area (Å²) in [6, 6.07) is 0. The summed E-state index contributed by atoms with van der Waals surface area (Å²) in [6.45, 7) is 0.187. The van der Waals surface area contributed by atoms with Crippen LogP contribution in [0.15, 0.2) is 0 Å². The van der Waals surface area contributed by atoms with Crippen LogP contribution in [-0.4, -0.2) is 27.4 Å². The van der Waals surface area contributed by atoms with E-state index in [1.165, 1.54) is 6.26 Å². The van der Waals surface area contributed by atoms with Gasteiger partial charge in [0.2, 0.25) is 0 Å². The molecular formula is C6H14ClNO2S. The molecule has 0 aliphatic heterocycles. The van der Waals surface area contributed by atoms with Gasteiger partial charge < -0.3 is 5.11 Å². The standard InChI is InChI=1S/C6H13NO2S.ClH/c1-10(7,9)6-2-5(3-6)4-8;/h5-8H,2-4H2,1H3;1H. The van der Waals surface area contributed by atoms with Crippen molar-refractivity contribution in [2.24, 2.45) is 5.92 Å². The Kier molecular flexibility index (Phi) is 3.80. The fourth-order valence-corrected chi connectivity index (χ4v) is 2.47. The molecule has 1 fully saturated rings. The van der Waals surface area contributed by atoms with Crippen LogP contribution in [0, 0.1) is 10.7 Å². The van der Waals surface area contributed by atoms with Gasteiger partial charge in [-0.3, -0.25) is 4.78 Å². The zero-order valence-electron chi connectivity index (χ0n) is 6.45. The highest BCUT2D eigenvalue weighted by Gasteiger charge is 2.33. The molecule has 0 aromatic heterocycles. The molecule has 0 spiro atoms. The van der Waals surface area contributed by atoms with Crippen LogP contribution < -0.4 is 0 Å². The Morgan fingerprint density at radius 3 is 2.36 bits per heavy atom. The number of aliphatic hydroxyl groups is 1. The maximum Gasteiger partial charge on any atom is 0.0460 e. The molecule has 0 heterocycles. The van der Waals surface area contributed by atoms with E-state index in [4.69, 9.17) is 9.89 Å². The fraction of sp³-hybridized carbons (Fsp3) is 1.00. The Bertz CT molecular complexity index is 209. The third kappa shape index (κ3) is 2.61.